The molecule has 0 unspecified atom stereocenters. The van der Waals surface area contributed by atoms with Crippen molar-refractivity contribution in [1.29, 1.82) is 0 Å². The van der Waals surface area contributed by atoms with E-state index in [0.717, 1.165) is 5.56 Å². The topological polar surface area (TPSA) is 84.5 Å². The first-order valence-electron chi connectivity index (χ1n) is 7.12. The summed E-state index contributed by atoms with van der Waals surface area (Å²) in [6.45, 7) is 1.42. The number of nitrogens with one attached hydrogen (secondary N) is 2. The second-order valence-corrected chi connectivity index (χ2v) is 5.56. The molecular formula is C17H16N2O4S. The van der Waals surface area contributed by atoms with Gasteiger partial charge in [0.1, 0.15) is 0 Å². The van der Waals surface area contributed by atoms with Gasteiger partial charge in [0.2, 0.25) is 0 Å². The maximum absolute atomic E-state index is 11.8. The van der Waals surface area contributed by atoms with E-state index in [1.165, 1.54) is 24.3 Å². The van der Waals surface area contributed by atoms with Crippen LogP contribution in [0.3, 0.4) is 0 Å². The smallest absolute Gasteiger partial charge is 0.331 e. The summed E-state index contributed by atoms with van der Waals surface area (Å²) in [6.07, 6.45) is 1.80. The molecule has 1 aromatic heterocycles. The van der Waals surface area contributed by atoms with E-state index >= 15 is 0 Å². The molecule has 1 aromatic carbocycles. The van der Waals surface area contributed by atoms with Gasteiger partial charge in [-0.1, -0.05) is 18.2 Å². The van der Waals surface area contributed by atoms with Crippen LogP contribution in [0.4, 0.5) is 0 Å². The van der Waals surface area contributed by atoms with Crippen molar-refractivity contribution in [2.24, 2.45) is 0 Å². The third kappa shape index (κ3) is 5.36. The Morgan fingerprint density at radius 1 is 1.12 bits per heavy atom. The minimum absolute atomic E-state index is 0.404. The van der Waals surface area contributed by atoms with Crippen LogP contribution in [0.5, 0.6) is 0 Å². The highest BCUT2D eigenvalue weighted by Gasteiger charge is 2.17. The molecule has 0 aliphatic carbocycles. The first-order chi connectivity index (χ1) is 11.6. The summed E-state index contributed by atoms with van der Waals surface area (Å²) in [5.41, 5.74) is 5.76. The van der Waals surface area contributed by atoms with E-state index in [0.29, 0.717) is 5.56 Å². The van der Waals surface area contributed by atoms with Crippen LogP contribution in [0.2, 0.25) is 0 Å². The zero-order chi connectivity index (χ0) is 17.4. The van der Waals surface area contributed by atoms with E-state index in [1.807, 2.05) is 16.8 Å². The van der Waals surface area contributed by atoms with Gasteiger partial charge in [0.25, 0.3) is 11.8 Å². The van der Waals surface area contributed by atoms with Gasteiger partial charge < -0.3 is 4.74 Å². The SMILES string of the molecule is C[C@@H](OC(=O)/C=C/c1ccsc1)C(=O)NNC(=O)c1ccccc1. The first-order valence-corrected chi connectivity index (χ1v) is 8.06. The van der Waals surface area contributed by atoms with E-state index in [1.54, 1.807) is 36.4 Å². The largest absolute Gasteiger partial charge is 0.449 e. The summed E-state index contributed by atoms with van der Waals surface area (Å²) in [7, 11) is 0. The van der Waals surface area contributed by atoms with Crippen molar-refractivity contribution in [3.63, 3.8) is 0 Å². The molecule has 2 aromatic rings. The van der Waals surface area contributed by atoms with Gasteiger partial charge in [-0.15, -0.1) is 0 Å². The molecule has 0 aliphatic heterocycles. The summed E-state index contributed by atoms with van der Waals surface area (Å²) >= 11 is 1.51. The van der Waals surface area contributed by atoms with Gasteiger partial charge in [-0.05, 0) is 47.5 Å². The lowest BCUT2D eigenvalue weighted by Gasteiger charge is -2.13. The van der Waals surface area contributed by atoms with Gasteiger partial charge in [-0.3, -0.25) is 20.4 Å². The molecule has 7 heteroatoms. The third-order valence-corrected chi connectivity index (χ3v) is 3.65. The number of carbonyl (C=O) groups is 3. The second kappa shape index (κ2) is 8.64. The molecule has 2 rings (SSSR count). The molecule has 1 atom stereocenters. The Balaban J connectivity index is 1.77. The number of rotatable bonds is 5. The lowest BCUT2D eigenvalue weighted by atomic mass is 10.2. The Morgan fingerprint density at radius 2 is 1.88 bits per heavy atom. The van der Waals surface area contributed by atoms with Gasteiger partial charge in [-0.2, -0.15) is 11.3 Å². The molecule has 0 saturated heterocycles. The monoisotopic (exact) mass is 344 g/mol. The molecule has 0 bridgehead atoms. The normalized spacial score (nSPS) is 11.7. The average molecular weight is 344 g/mol. The van der Waals surface area contributed by atoms with Crippen LogP contribution in [0, 0.1) is 0 Å². The number of amides is 2. The second-order valence-electron chi connectivity index (χ2n) is 4.78. The van der Waals surface area contributed by atoms with Crippen LogP contribution in [-0.2, 0) is 14.3 Å². The van der Waals surface area contributed by atoms with Crippen molar-refractivity contribution < 1.29 is 19.1 Å². The summed E-state index contributed by atoms with van der Waals surface area (Å²) in [5, 5.41) is 3.76. The standard InChI is InChI=1S/C17H16N2O4S/c1-12(23-15(20)8-7-13-9-10-24-11-13)16(21)18-19-17(22)14-5-3-2-4-6-14/h2-12H,1H3,(H,18,21)(H,19,22)/b8-7+/t12-/m1/s1. The van der Waals surface area contributed by atoms with Crippen molar-refractivity contribution in [1.82, 2.24) is 10.9 Å². The molecule has 0 radical (unpaired) electrons. The maximum Gasteiger partial charge on any atom is 0.331 e. The van der Waals surface area contributed by atoms with Crippen LogP contribution in [0.15, 0.2) is 53.2 Å². The number of hydrazine groups is 1. The maximum atomic E-state index is 11.8. The number of thiophene rings is 1. The number of carbonyl (C=O) groups excluding carboxylic acids is 3. The third-order valence-electron chi connectivity index (χ3n) is 2.95. The fourth-order valence-corrected chi connectivity index (χ4v) is 2.31. The zero-order valence-electron chi connectivity index (χ0n) is 12.9. The molecular weight excluding hydrogens is 328 g/mol. The van der Waals surface area contributed by atoms with Gasteiger partial charge in [0.05, 0.1) is 0 Å². The number of hydrogen-bond acceptors (Lipinski definition) is 5. The van der Waals surface area contributed by atoms with E-state index in [2.05, 4.69) is 10.9 Å². The molecule has 1 heterocycles. The van der Waals surface area contributed by atoms with Gasteiger partial charge in [0.15, 0.2) is 6.10 Å². The Bertz CT molecular complexity index is 726. The lowest BCUT2D eigenvalue weighted by Crippen LogP contribution is -2.46. The van der Waals surface area contributed by atoms with Crippen LogP contribution in [-0.4, -0.2) is 23.9 Å². The Kier molecular flexibility index (Phi) is 6.27. The summed E-state index contributed by atoms with van der Waals surface area (Å²) in [5.74, 6) is -1.73. The molecule has 24 heavy (non-hydrogen) atoms. The molecule has 0 fully saturated rings. The molecule has 0 spiro atoms. The summed E-state index contributed by atoms with van der Waals surface area (Å²) < 4.78 is 4.96. The van der Waals surface area contributed by atoms with Crippen molar-refractivity contribution in [2.45, 2.75) is 13.0 Å². The van der Waals surface area contributed by atoms with Crippen molar-refractivity contribution >= 4 is 35.2 Å². The number of hydrogen-bond donors (Lipinski definition) is 2. The Hall–Kier alpha value is -2.93. The molecule has 2 amide bonds. The predicted octanol–water partition coefficient (Wildman–Crippen LogP) is 2.15. The van der Waals surface area contributed by atoms with E-state index in [4.69, 9.17) is 4.74 Å². The minimum Gasteiger partial charge on any atom is -0.449 e. The molecule has 0 saturated carbocycles. The Morgan fingerprint density at radius 3 is 2.54 bits per heavy atom. The van der Waals surface area contributed by atoms with Gasteiger partial charge in [-0.25, -0.2) is 4.79 Å². The van der Waals surface area contributed by atoms with Crippen LogP contribution in [0.25, 0.3) is 6.08 Å². The van der Waals surface area contributed by atoms with E-state index in [-0.39, 0.29) is 0 Å². The molecule has 124 valence electrons. The highest BCUT2D eigenvalue weighted by atomic mass is 32.1. The fraction of sp³-hybridized carbons (Fsp3) is 0.118. The van der Waals surface area contributed by atoms with Crippen molar-refractivity contribution in [2.75, 3.05) is 0 Å². The van der Waals surface area contributed by atoms with Crippen molar-refractivity contribution in [3.8, 4) is 0 Å². The fourth-order valence-electron chi connectivity index (χ4n) is 1.68. The first kappa shape index (κ1) is 17.4. The number of ether oxygens (including phenoxy) is 1. The number of esters is 1. The predicted molar refractivity (Wildman–Crippen MR) is 91.0 cm³/mol. The molecule has 2 N–H and O–H groups in total. The van der Waals surface area contributed by atoms with Crippen LogP contribution < -0.4 is 10.9 Å². The highest BCUT2D eigenvalue weighted by Crippen LogP contribution is 2.08. The molecule has 6 nitrogen and oxygen atoms in total. The zero-order valence-corrected chi connectivity index (χ0v) is 13.7. The minimum atomic E-state index is -1.04. The Labute approximate surface area is 143 Å². The molecule has 0 aliphatic rings. The van der Waals surface area contributed by atoms with Gasteiger partial charge >= 0.3 is 5.97 Å². The van der Waals surface area contributed by atoms with Gasteiger partial charge in [0, 0.05) is 11.6 Å². The highest BCUT2D eigenvalue weighted by molar-refractivity contribution is 7.08. The average Bonchev–Trinajstić information content (AvgIpc) is 3.11. The summed E-state index contributed by atoms with van der Waals surface area (Å²) in [6, 6.07) is 10.3. The van der Waals surface area contributed by atoms with Crippen LogP contribution in [0.1, 0.15) is 22.8 Å². The lowest BCUT2D eigenvalue weighted by molar-refractivity contribution is -0.150. The number of benzene rings is 1. The van der Waals surface area contributed by atoms with E-state index in [9.17, 15) is 14.4 Å². The van der Waals surface area contributed by atoms with E-state index < -0.39 is 23.9 Å². The summed E-state index contributed by atoms with van der Waals surface area (Å²) in [4.78, 5) is 35.2. The van der Waals surface area contributed by atoms with Crippen molar-refractivity contribution in [3.05, 3.63) is 64.4 Å². The van der Waals surface area contributed by atoms with Crippen LogP contribution >= 0.6 is 11.3 Å². The quantitative estimate of drug-likeness (QED) is 0.494.